The van der Waals surface area contributed by atoms with Crippen LogP contribution in [0.25, 0.3) is 0 Å². The summed E-state index contributed by atoms with van der Waals surface area (Å²) >= 11 is 3.79. The van der Waals surface area contributed by atoms with Crippen molar-refractivity contribution in [3.05, 3.63) is 59.7 Å². The lowest BCUT2D eigenvalue weighted by Crippen LogP contribution is -2.34. The minimum atomic E-state index is -0.430. The van der Waals surface area contributed by atoms with Gasteiger partial charge in [0.1, 0.15) is 11.5 Å². The lowest BCUT2D eigenvalue weighted by atomic mass is 10.1. The highest BCUT2D eigenvalue weighted by atomic mass is 32.2. The molecule has 0 bridgehead atoms. The van der Waals surface area contributed by atoms with Gasteiger partial charge in [-0.15, -0.1) is 0 Å². The molecule has 0 spiro atoms. The maximum absolute atomic E-state index is 12.9. The van der Waals surface area contributed by atoms with Crippen molar-refractivity contribution in [2.75, 3.05) is 42.7 Å². The van der Waals surface area contributed by atoms with E-state index >= 15 is 0 Å². The molecule has 0 N–H and O–H groups in total. The zero-order valence-electron chi connectivity index (χ0n) is 20.7. The van der Waals surface area contributed by atoms with Crippen molar-refractivity contribution in [1.82, 2.24) is 4.90 Å². The third kappa shape index (κ3) is 9.80. The van der Waals surface area contributed by atoms with Gasteiger partial charge in [0.05, 0.1) is 12.2 Å². The zero-order chi connectivity index (χ0) is 24.7. The Balaban J connectivity index is 1.45. The van der Waals surface area contributed by atoms with E-state index in [1.54, 1.807) is 48.5 Å². The van der Waals surface area contributed by atoms with Gasteiger partial charge in [-0.25, -0.2) is 4.79 Å². The second kappa shape index (κ2) is 15.8. The second-order valence-electron chi connectivity index (χ2n) is 8.57. The number of rotatable bonds is 11. The van der Waals surface area contributed by atoms with Gasteiger partial charge in [0.2, 0.25) is 0 Å². The van der Waals surface area contributed by atoms with Crippen LogP contribution >= 0.6 is 23.5 Å². The zero-order valence-corrected chi connectivity index (χ0v) is 22.3. The second-order valence-corrected chi connectivity index (χ2v) is 11.0. The first-order valence-corrected chi connectivity index (χ1v) is 15.0. The lowest BCUT2D eigenvalue weighted by Gasteiger charge is -2.21. The van der Waals surface area contributed by atoms with Crippen LogP contribution < -0.4 is 9.47 Å². The molecule has 2 aromatic rings. The van der Waals surface area contributed by atoms with Gasteiger partial charge in [0, 0.05) is 41.7 Å². The molecule has 0 aliphatic carbocycles. The predicted molar refractivity (Wildman–Crippen MR) is 147 cm³/mol. The first-order chi connectivity index (χ1) is 17.2. The molecule has 1 fully saturated rings. The monoisotopic (exact) mass is 515 g/mol. The molecule has 0 saturated carbocycles. The highest BCUT2D eigenvalue weighted by molar-refractivity contribution is 8.02. The van der Waals surface area contributed by atoms with E-state index in [2.05, 4.69) is 6.92 Å². The molecule has 35 heavy (non-hydrogen) atoms. The third-order valence-corrected chi connectivity index (χ3v) is 8.03. The summed E-state index contributed by atoms with van der Waals surface area (Å²) in [6.45, 7) is 4.44. The summed E-state index contributed by atoms with van der Waals surface area (Å²) in [5.74, 6) is 4.99. The van der Waals surface area contributed by atoms with E-state index in [-0.39, 0.29) is 5.91 Å². The SMILES string of the molecule is CCCCCCCCOc1ccc(C(=O)Oc2ccc(C(=O)N3CCSCCSCC3)cc2)cc1. The summed E-state index contributed by atoms with van der Waals surface area (Å²) in [6.07, 6.45) is 7.34. The highest BCUT2D eigenvalue weighted by Gasteiger charge is 2.17. The van der Waals surface area contributed by atoms with Gasteiger partial charge in [0.15, 0.2) is 0 Å². The van der Waals surface area contributed by atoms with Crippen LogP contribution in [-0.4, -0.2) is 59.5 Å². The van der Waals surface area contributed by atoms with Crippen LogP contribution in [0.1, 0.15) is 66.2 Å². The highest BCUT2D eigenvalue weighted by Crippen LogP contribution is 2.19. The number of benzene rings is 2. The number of ether oxygens (including phenoxy) is 2. The van der Waals surface area contributed by atoms with Gasteiger partial charge in [-0.1, -0.05) is 39.0 Å². The molecule has 5 nitrogen and oxygen atoms in total. The van der Waals surface area contributed by atoms with E-state index < -0.39 is 5.97 Å². The first kappa shape index (κ1) is 27.5. The van der Waals surface area contributed by atoms with E-state index in [4.69, 9.17) is 9.47 Å². The van der Waals surface area contributed by atoms with E-state index in [1.807, 2.05) is 28.4 Å². The van der Waals surface area contributed by atoms with Crippen molar-refractivity contribution >= 4 is 35.4 Å². The minimum Gasteiger partial charge on any atom is -0.494 e. The maximum atomic E-state index is 12.9. The minimum absolute atomic E-state index is 0.0301. The van der Waals surface area contributed by atoms with Crippen LogP contribution in [0.3, 0.4) is 0 Å². The van der Waals surface area contributed by atoms with E-state index in [0.29, 0.717) is 23.5 Å². The van der Waals surface area contributed by atoms with Crippen molar-refractivity contribution in [2.24, 2.45) is 0 Å². The Hall–Kier alpha value is -2.12. The van der Waals surface area contributed by atoms with Crippen molar-refractivity contribution in [3.63, 3.8) is 0 Å². The summed E-state index contributed by atoms with van der Waals surface area (Å²) in [4.78, 5) is 27.4. The van der Waals surface area contributed by atoms with Crippen LogP contribution in [0.4, 0.5) is 0 Å². The molecule has 3 rings (SSSR count). The maximum Gasteiger partial charge on any atom is 0.343 e. The molecule has 0 unspecified atom stereocenters. The van der Waals surface area contributed by atoms with E-state index in [0.717, 1.165) is 48.3 Å². The molecule has 190 valence electrons. The van der Waals surface area contributed by atoms with Gasteiger partial charge in [-0.2, -0.15) is 23.5 Å². The molecule has 1 heterocycles. The average Bonchev–Trinajstić information content (AvgIpc) is 3.03. The average molecular weight is 516 g/mol. The quantitative estimate of drug-likeness (QED) is 0.192. The lowest BCUT2D eigenvalue weighted by molar-refractivity contribution is 0.0734. The molecule has 1 aliphatic rings. The number of carbonyl (C=O) groups is 2. The third-order valence-electron chi connectivity index (χ3n) is 5.84. The van der Waals surface area contributed by atoms with Crippen LogP contribution in [0, 0.1) is 0 Å². The van der Waals surface area contributed by atoms with Crippen molar-refractivity contribution < 1.29 is 19.1 Å². The number of thioether (sulfide) groups is 2. The van der Waals surface area contributed by atoms with Crippen molar-refractivity contribution in [1.29, 1.82) is 0 Å². The number of hydrogen-bond acceptors (Lipinski definition) is 6. The summed E-state index contributed by atoms with van der Waals surface area (Å²) in [6, 6.07) is 13.9. The molecule has 0 aromatic heterocycles. The smallest absolute Gasteiger partial charge is 0.343 e. The number of nitrogens with zero attached hydrogens (tertiary/aromatic N) is 1. The fraction of sp³-hybridized carbons (Fsp3) is 0.500. The Morgan fingerprint density at radius 1 is 0.743 bits per heavy atom. The van der Waals surface area contributed by atoms with Crippen molar-refractivity contribution in [2.45, 2.75) is 45.4 Å². The molecular weight excluding hydrogens is 478 g/mol. The van der Waals surface area contributed by atoms with Crippen LogP contribution in [0.5, 0.6) is 11.5 Å². The van der Waals surface area contributed by atoms with Crippen LogP contribution in [0.15, 0.2) is 48.5 Å². The normalized spacial score (nSPS) is 14.5. The fourth-order valence-electron chi connectivity index (χ4n) is 3.76. The Labute approximate surface area is 218 Å². The Bertz CT molecular complexity index is 892. The molecule has 2 aromatic carbocycles. The summed E-state index contributed by atoms with van der Waals surface area (Å²) in [5.41, 5.74) is 1.08. The Kier molecular flexibility index (Phi) is 12.4. The van der Waals surface area contributed by atoms with Gasteiger partial charge in [-0.05, 0) is 55.0 Å². The summed E-state index contributed by atoms with van der Waals surface area (Å²) in [7, 11) is 0. The standard InChI is InChI=1S/C28H37NO4S2/c1-2-3-4-5-6-7-18-32-25-12-10-24(11-13-25)28(31)33-26-14-8-23(9-15-26)27(30)29-16-19-34-21-22-35-20-17-29/h8-15H,2-7,16-22H2,1H3. The molecule has 1 aliphatic heterocycles. The van der Waals surface area contributed by atoms with Gasteiger partial charge in [-0.3, -0.25) is 4.79 Å². The van der Waals surface area contributed by atoms with Crippen LogP contribution in [-0.2, 0) is 0 Å². The number of carbonyl (C=O) groups excluding carboxylic acids is 2. The number of amides is 1. The predicted octanol–water partition coefficient (Wildman–Crippen LogP) is 6.57. The summed E-state index contributed by atoms with van der Waals surface area (Å²) < 4.78 is 11.3. The van der Waals surface area contributed by atoms with Gasteiger partial charge in [0.25, 0.3) is 5.91 Å². The number of hydrogen-bond donors (Lipinski definition) is 0. The molecule has 1 saturated heterocycles. The topological polar surface area (TPSA) is 55.8 Å². The molecular formula is C28H37NO4S2. The van der Waals surface area contributed by atoms with Gasteiger partial charge < -0.3 is 14.4 Å². The Morgan fingerprint density at radius 2 is 1.31 bits per heavy atom. The van der Waals surface area contributed by atoms with Crippen molar-refractivity contribution in [3.8, 4) is 11.5 Å². The summed E-state index contributed by atoms with van der Waals surface area (Å²) in [5, 5.41) is 0. The van der Waals surface area contributed by atoms with Crippen LogP contribution in [0.2, 0.25) is 0 Å². The fourth-order valence-corrected chi connectivity index (χ4v) is 5.81. The molecule has 0 radical (unpaired) electrons. The largest absolute Gasteiger partial charge is 0.494 e. The van der Waals surface area contributed by atoms with E-state index in [9.17, 15) is 9.59 Å². The van der Waals surface area contributed by atoms with E-state index in [1.165, 1.54) is 32.1 Å². The van der Waals surface area contributed by atoms with Gasteiger partial charge >= 0.3 is 5.97 Å². The Morgan fingerprint density at radius 3 is 1.97 bits per heavy atom. The number of esters is 1. The molecule has 0 atom stereocenters. The number of unbranched alkanes of at least 4 members (excludes halogenated alkanes) is 5. The molecule has 7 heteroatoms. The molecule has 1 amide bonds. The first-order valence-electron chi connectivity index (χ1n) is 12.7.